The highest BCUT2D eigenvalue weighted by atomic mass is 19.1. The zero-order valence-corrected chi connectivity index (χ0v) is 12.7. The molecule has 0 aliphatic carbocycles. The second-order valence-electron chi connectivity index (χ2n) is 5.53. The Morgan fingerprint density at radius 3 is 3.00 bits per heavy atom. The topological polar surface area (TPSA) is 29.9 Å². The van der Waals surface area contributed by atoms with Gasteiger partial charge in [-0.25, -0.2) is 4.39 Å². The van der Waals surface area contributed by atoms with Crippen molar-refractivity contribution in [2.45, 2.75) is 45.8 Å². The van der Waals surface area contributed by atoms with E-state index in [4.69, 9.17) is 0 Å². The summed E-state index contributed by atoms with van der Waals surface area (Å²) in [4.78, 5) is 0. The number of benzene rings is 1. The fourth-order valence-electron chi connectivity index (χ4n) is 3.05. The molecule has 1 aromatic carbocycles. The Balaban J connectivity index is 1.85. The SMILES string of the molecule is CCc1cc(CC(F)c2cccc3c2NCC3)n(CC)n1. The normalized spacial score (nSPS) is 14.8. The van der Waals surface area contributed by atoms with Gasteiger partial charge in [0.15, 0.2) is 0 Å². The highest BCUT2D eigenvalue weighted by Gasteiger charge is 2.21. The van der Waals surface area contributed by atoms with Crippen LogP contribution in [0.5, 0.6) is 0 Å². The molecular formula is C17H22FN3. The van der Waals surface area contributed by atoms with Crippen molar-refractivity contribution in [1.29, 1.82) is 0 Å². The van der Waals surface area contributed by atoms with E-state index in [0.717, 1.165) is 48.6 Å². The third-order valence-electron chi connectivity index (χ3n) is 4.18. The van der Waals surface area contributed by atoms with Gasteiger partial charge in [0.25, 0.3) is 0 Å². The third kappa shape index (κ3) is 2.67. The maximum Gasteiger partial charge on any atom is 0.133 e. The van der Waals surface area contributed by atoms with Gasteiger partial charge < -0.3 is 5.32 Å². The van der Waals surface area contributed by atoms with Crippen molar-refractivity contribution in [1.82, 2.24) is 9.78 Å². The molecule has 4 heteroatoms. The van der Waals surface area contributed by atoms with Gasteiger partial charge in [-0.2, -0.15) is 5.10 Å². The number of hydrogen-bond donors (Lipinski definition) is 1. The third-order valence-corrected chi connectivity index (χ3v) is 4.18. The van der Waals surface area contributed by atoms with Crippen molar-refractivity contribution >= 4 is 5.69 Å². The summed E-state index contributed by atoms with van der Waals surface area (Å²) in [5, 5.41) is 7.82. The highest BCUT2D eigenvalue weighted by molar-refractivity contribution is 5.62. The molecule has 1 atom stereocenters. The molecule has 0 radical (unpaired) electrons. The van der Waals surface area contributed by atoms with Crippen LogP contribution in [0.3, 0.4) is 0 Å². The number of nitrogens with one attached hydrogen (secondary N) is 1. The molecule has 0 spiro atoms. The largest absolute Gasteiger partial charge is 0.384 e. The van der Waals surface area contributed by atoms with Gasteiger partial charge in [-0.15, -0.1) is 0 Å². The standard InChI is InChI=1S/C17H22FN3/c1-3-13-10-14(21(4-2)20-13)11-16(18)15-7-5-6-12-8-9-19-17(12)15/h5-7,10,16,19H,3-4,8-9,11H2,1-2H3. The number of hydrogen-bond acceptors (Lipinski definition) is 2. The average Bonchev–Trinajstić information content (AvgIpc) is 3.12. The van der Waals surface area contributed by atoms with Crippen LogP contribution in [0.1, 0.15) is 42.5 Å². The first-order valence-corrected chi connectivity index (χ1v) is 7.78. The molecule has 1 unspecified atom stereocenters. The molecule has 0 saturated carbocycles. The number of nitrogens with zero attached hydrogens (tertiary/aromatic N) is 2. The van der Waals surface area contributed by atoms with Gasteiger partial charge in [0.2, 0.25) is 0 Å². The number of anilines is 1. The van der Waals surface area contributed by atoms with E-state index in [1.54, 1.807) is 0 Å². The summed E-state index contributed by atoms with van der Waals surface area (Å²) in [5.41, 5.74) is 5.04. The number of para-hydroxylation sites is 1. The van der Waals surface area contributed by atoms with Crippen LogP contribution >= 0.6 is 0 Å². The molecule has 0 fully saturated rings. The molecule has 2 heterocycles. The molecule has 1 aliphatic heterocycles. The van der Waals surface area contributed by atoms with Crippen LogP contribution in [0, 0.1) is 0 Å². The van der Waals surface area contributed by atoms with Crippen molar-refractivity contribution in [3.8, 4) is 0 Å². The fraction of sp³-hybridized carbons (Fsp3) is 0.471. The van der Waals surface area contributed by atoms with Gasteiger partial charge >= 0.3 is 0 Å². The number of alkyl halides is 1. The van der Waals surface area contributed by atoms with E-state index >= 15 is 0 Å². The molecule has 21 heavy (non-hydrogen) atoms. The van der Waals surface area contributed by atoms with Crippen LogP contribution in [0.2, 0.25) is 0 Å². The first-order valence-electron chi connectivity index (χ1n) is 7.78. The number of aromatic nitrogens is 2. The van der Waals surface area contributed by atoms with Crippen LogP contribution < -0.4 is 5.32 Å². The first-order chi connectivity index (χ1) is 10.2. The molecule has 1 aliphatic rings. The van der Waals surface area contributed by atoms with E-state index in [9.17, 15) is 4.39 Å². The summed E-state index contributed by atoms with van der Waals surface area (Å²) in [6, 6.07) is 7.97. The summed E-state index contributed by atoms with van der Waals surface area (Å²) in [6.45, 7) is 5.82. The van der Waals surface area contributed by atoms with Crippen molar-refractivity contribution in [2.75, 3.05) is 11.9 Å². The zero-order chi connectivity index (χ0) is 14.8. The second kappa shape index (κ2) is 5.88. The Morgan fingerprint density at radius 2 is 2.24 bits per heavy atom. The highest BCUT2D eigenvalue weighted by Crippen LogP contribution is 2.34. The molecule has 1 N–H and O–H groups in total. The minimum Gasteiger partial charge on any atom is -0.384 e. The Labute approximate surface area is 125 Å². The van der Waals surface area contributed by atoms with E-state index in [0.29, 0.717) is 6.42 Å². The molecular weight excluding hydrogens is 265 g/mol. The number of fused-ring (bicyclic) bond motifs is 1. The maximum atomic E-state index is 14.8. The lowest BCUT2D eigenvalue weighted by Gasteiger charge is -2.14. The van der Waals surface area contributed by atoms with Gasteiger partial charge in [0.05, 0.1) is 5.69 Å². The number of aryl methyl sites for hydroxylation is 2. The molecule has 3 nitrogen and oxygen atoms in total. The van der Waals surface area contributed by atoms with Crippen molar-refractivity contribution in [3.05, 3.63) is 46.8 Å². The smallest absolute Gasteiger partial charge is 0.133 e. The molecule has 2 aromatic rings. The summed E-state index contributed by atoms with van der Waals surface area (Å²) >= 11 is 0. The lowest BCUT2D eigenvalue weighted by Crippen LogP contribution is -2.07. The predicted molar refractivity (Wildman–Crippen MR) is 83.5 cm³/mol. The zero-order valence-electron chi connectivity index (χ0n) is 12.7. The van der Waals surface area contributed by atoms with E-state index < -0.39 is 6.17 Å². The summed E-state index contributed by atoms with van der Waals surface area (Å²) in [7, 11) is 0. The van der Waals surface area contributed by atoms with Crippen molar-refractivity contribution in [3.63, 3.8) is 0 Å². The van der Waals surface area contributed by atoms with Crippen LogP contribution in [-0.2, 0) is 25.8 Å². The minimum atomic E-state index is -0.989. The fourth-order valence-corrected chi connectivity index (χ4v) is 3.05. The first kappa shape index (κ1) is 14.1. The molecule has 0 bridgehead atoms. The molecule has 112 valence electrons. The van der Waals surface area contributed by atoms with Crippen LogP contribution in [0.15, 0.2) is 24.3 Å². The molecule has 0 amide bonds. The lowest BCUT2D eigenvalue weighted by molar-refractivity contribution is 0.335. The average molecular weight is 287 g/mol. The van der Waals surface area contributed by atoms with E-state index in [-0.39, 0.29) is 0 Å². The summed E-state index contributed by atoms with van der Waals surface area (Å²) in [5.74, 6) is 0. The van der Waals surface area contributed by atoms with Crippen LogP contribution in [0.25, 0.3) is 0 Å². The van der Waals surface area contributed by atoms with Gasteiger partial charge in [0.1, 0.15) is 6.17 Å². The lowest BCUT2D eigenvalue weighted by atomic mass is 10.0. The Kier molecular flexibility index (Phi) is 3.95. The summed E-state index contributed by atoms with van der Waals surface area (Å²) in [6.07, 6.45) is 1.28. The molecule has 3 rings (SSSR count). The van der Waals surface area contributed by atoms with Crippen LogP contribution in [0.4, 0.5) is 10.1 Å². The van der Waals surface area contributed by atoms with Gasteiger partial charge in [-0.05, 0) is 31.4 Å². The van der Waals surface area contributed by atoms with Gasteiger partial charge in [-0.1, -0.05) is 25.1 Å². The molecule has 1 aromatic heterocycles. The van der Waals surface area contributed by atoms with Crippen LogP contribution in [-0.4, -0.2) is 16.3 Å². The predicted octanol–water partition coefficient (Wildman–Crippen LogP) is 3.69. The van der Waals surface area contributed by atoms with E-state index in [2.05, 4.69) is 23.4 Å². The Hall–Kier alpha value is -1.84. The quantitative estimate of drug-likeness (QED) is 0.909. The number of halogens is 1. The summed E-state index contributed by atoms with van der Waals surface area (Å²) < 4.78 is 16.7. The van der Waals surface area contributed by atoms with Gasteiger partial charge in [0, 0.05) is 36.5 Å². The van der Waals surface area contributed by atoms with Crippen molar-refractivity contribution in [2.24, 2.45) is 0 Å². The Bertz CT molecular complexity index is 633. The second-order valence-corrected chi connectivity index (χ2v) is 5.53. The monoisotopic (exact) mass is 287 g/mol. The maximum absolute atomic E-state index is 14.8. The Morgan fingerprint density at radius 1 is 1.38 bits per heavy atom. The molecule has 0 saturated heterocycles. The van der Waals surface area contributed by atoms with E-state index in [1.165, 1.54) is 5.56 Å². The minimum absolute atomic E-state index is 0.388. The van der Waals surface area contributed by atoms with Crippen molar-refractivity contribution < 1.29 is 4.39 Å². The number of rotatable bonds is 5. The van der Waals surface area contributed by atoms with Gasteiger partial charge in [-0.3, -0.25) is 4.68 Å². The van der Waals surface area contributed by atoms with E-state index in [1.807, 2.05) is 29.8 Å².